The Balaban J connectivity index is 1.82. The van der Waals surface area contributed by atoms with Crippen LogP contribution in [0.2, 0.25) is 0 Å². The van der Waals surface area contributed by atoms with Crippen molar-refractivity contribution in [3.63, 3.8) is 0 Å². The van der Waals surface area contributed by atoms with Crippen LogP contribution < -0.4 is 11.0 Å². The minimum atomic E-state index is -0.304. The number of hydrogen-bond acceptors (Lipinski definition) is 4. The Hall–Kier alpha value is -2.99. The lowest BCUT2D eigenvalue weighted by atomic mass is 10.2. The zero-order chi connectivity index (χ0) is 17.2. The monoisotopic (exact) mass is 351 g/mol. The average Bonchev–Trinajstić information content (AvgIpc) is 3.15. The lowest BCUT2D eigenvalue weighted by molar-refractivity contribution is 0.625. The molecule has 0 spiro atoms. The number of nitrogens with zero attached hydrogens (tertiary/aromatic N) is 2. The summed E-state index contributed by atoms with van der Waals surface area (Å²) in [5, 5.41) is 2.47. The van der Waals surface area contributed by atoms with Crippen LogP contribution in [-0.2, 0) is 6.54 Å². The molecular formula is C19H14FN3OS. The van der Waals surface area contributed by atoms with Gasteiger partial charge in [0.25, 0.3) is 5.56 Å². The molecule has 0 aliphatic heterocycles. The molecule has 4 nitrogen and oxygen atoms in total. The minimum Gasteiger partial charge on any atom is -0.317 e. The van der Waals surface area contributed by atoms with E-state index >= 15 is 0 Å². The van der Waals surface area contributed by atoms with Gasteiger partial charge in [-0.05, 0) is 41.3 Å². The molecule has 0 atom stereocenters. The third-order valence-electron chi connectivity index (χ3n) is 3.85. The fourth-order valence-electron chi connectivity index (χ4n) is 2.67. The van der Waals surface area contributed by atoms with Crippen molar-refractivity contribution in [1.82, 2.24) is 9.66 Å². The van der Waals surface area contributed by atoms with Crippen molar-refractivity contribution in [2.24, 2.45) is 0 Å². The Morgan fingerprint density at radius 1 is 1.08 bits per heavy atom. The first-order chi connectivity index (χ1) is 12.2. The van der Waals surface area contributed by atoms with Gasteiger partial charge < -0.3 is 5.43 Å². The van der Waals surface area contributed by atoms with Gasteiger partial charge in [-0.2, -0.15) is 0 Å². The SMILES string of the molecule is O=c1c2ccccc2nc(-c2cccs2)n1NCc1cccc(F)c1. The number of aromatic nitrogens is 2. The first-order valence-electron chi connectivity index (χ1n) is 7.76. The highest BCUT2D eigenvalue weighted by Gasteiger charge is 2.13. The van der Waals surface area contributed by atoms with E-state index in [2.05, 4.69) is 10.4 Å². The zero-order valence-corrected chi connectivity index (χ0v) is 14.0. The number of rotatable bonds is 4. The predicted molar refractivity (Wildman–Crippen MR) is 98.8 cm³/mol. The topological polar surface area (TPSA) is 46.9 Å². The van der Waals surface area contributed by atoms with Gasteiger partial charge in [0, 0.05) is 0 Å². The van der Waals surface area contributed by atoms with Crippen LogP contribution in [0.3, 0.4) is 0 Å². The number of halogens is 1. The van der Waals surface area contributed by atoms with Crippen LogP contribution in [0, 0.1) is 5.82 Å². The van der Waals surface area contributed by atoms with Crippen LogP contribution in [-0.4, -0.2) is 9.66 Å². The summed E-state index contributed by atoms with van der Waals surface area (Å²) in [6.07, 6.45) is 0. The molecule has 4 aromatic rings. The number of hydrogen-bond donors (Lipinski definition) is 1. The quantitative estimate of drug-likeness (QED) is 0.604. The van der Waals surface area contributed by atoms with E-state index in [1.54, 1.807) is 18.2 Å². The predicted octanol–water partition coefficient (Wildman–Crippen LogP) is 4.01. The molecule has 0 aliphatic carbocycles. The summed E-state index contributed by atoms with van der Waals surface area (Å²) in [5.41, 5.74) is 4.31. The highest BCUT2D eigenvalue weighted by Crippen LogP contribution is 2.23. The van der Waals surface area contributed by atoms with Crippen molar-refractivity contribution in [3.8, 4) is 10.7 Å². The zero-order valence-electron chi connectivity index (χ0n) is 13.1. The standard InChI is InChI=1S/C19H14FN3OS/c20-14-6-3-5-13(11-14)12-21-23-18(17-9-4-10-25-17)22-16-8-2-1-7-15(16)19(23)24/h1-11,21H,12H2. The second-order valence-electron chi connectivity index (χ2n) is 5.54. The second kappa shape index (κ2) is 6.49. The molecule has 4 rings (SSSR count). The van der Waals surface area contributed by atoms with Crippen molar-refractivity contribution >= 4 is 22.2 Å². The van der Waals surface area contributed by atoms with Gasteiger partial charge in [-0.25, -0.2) is 14.1 Å². The van der Waals surface area contributed by atoms with Crippen LogP contribution in [0.4, 0.5) is 4.39 Å². The van der Waals surface area contributed by atoms with Gasteiger partial charge in [-0.15, -0.1) is 11.3 Å². The van der Waals surface area contributed by atoms with E-state index in [9.17, 15) is 9.18 Å². The van der Waals surface area contributed by atoms with Crippen LogP contribution in [0.25, 0.3) is 21.6 Å². The Bertz CT molecular complexity index is 1090. The molecule has 0 fully saturated rings. The lowest BCUT2D eigenvalue weighted by Gasteiger charge is -2.14. The fourth-order valence-corrected chi connectivity index (χ4v) is 3.37. The van der Waals surface area contributed by atoms with Gasteiger partial charge in [0.2, 0.25) is 0 Å². The Morgan fingerprint density at radius 2 is 1.96 bits per heavy atom. The van der Waals surface area contributed by atoms with Crippen molar-refractivity contribution in [3.05, 3.63) is 87.8 Å². The first-order valence-corrected chi connectivity index (χ1v) is 8.64. The third kappa shape index (κ3) is 3.04. The third-order valence-corrected chi connectivity index (χ3v) is 4.71. The summed E-state index contributed by atoms with van der Waals surface area (Å²) in [6.45, 7) is 0.316. The number of nitrogens with one attached hydrogen (secondary N) is 1. The molecular weight excluding hydrogens is 337 g/mol. The average molecular weight is 351 g/mol. The Kier molecular flexibility index (Phi) is 4.03. The minimum absolute atomic E-state index is 0.176. The molecule has 6 heteroatoms. The number of benzene rings is 2. The largest absolute Gasteiger partial charge is 0.317 e. The first kappa shape index (κ1) is 15.5. The molecule has 0 bridgehead atoms. The van der Waals surface area contributed by atoms with E-state index < -0.39 is 0 Å². The summed E-state index contributed by atoms with van der Waals surface area (Å²) in [5.74, 6) is 0.247. The van der Waals surface area contributed by atoms with Crippen molar-refractivity contribution in [1.29, 1.82) is 0 Å². The van der Waals surface area contributed by atoms with Gasteiger partial charge in [0.05, 0.1) is 22.3 Å². The summed E-state index contributed by atoms with van der Waals surface area (Å²) in [4.78, 5) is 18.5. The number of fused-ring (bicyclic) bond motifs is 1. The van der Waals surface area contributed by atoms with Gasteiger partial charge in [0.15, 0.2) is 5.82 Å². The van der Waals surface area contributed by atoms with Crippen LogP contribution in [0.5, 0.6) is 0 Å². The van der Waals surface area contributed by atoms with Crippen LogP contribution in [0.15, 0.2) is 70.8 Å². The molecule has 2 aromatic carbocycles. The Morgan fingerprint density at radius 3 is 2.76 bits per heavy atom. The summed E-state index contributed by atoms with van der Waals surface area (Å²) >= 11 is 1.51. The molecule has 124 valence electrons. The fraction of sp³-hybridized carbons (Fsp3) is 0.0526. The summed E-state index contributed by atoms with van der Waals surface area (Å²) < 4.78 is 14.8. The Labute approximate surface area is 147 Å². The molecule has 0 amide bonds. The van der Waals surface area contributed by atoms with E-state index in [1.807, 2.05) is 35.7 Å². The maximum Gasteiger partial charge on any atom is 0.280 e. The van der Waals surface area contributed by atoms with Gasteiger partial charge in [0.1, 0.15) is 5.82 Å². The van der Waals surface area contributed by atoms with Crippen LogP contribution in [0.1, 0.15) is 5.56 Å². The van der Waals surface area contributed by atoms with Crippen molar-refractivity contribution in [2.45, 2.75) is 6.54 Å². The van der Waals surface area contributed by atoms with Gasteiger partial charge >= 0.3 is 0 Å². The molecule has 2 heterocycles. The lowest BCUT2D eigenvalue weighted by Crippen LogP contribution is -2.31. The molecule has 0 unspecified atom stereocenters. The van der Waals surface area contributed by atoms with Crippen molar-refractivity contribution in [2.75, 3.05) is 5.43 Å². The van der Waals surface area contributed by atoms with E-state index in [1.165, 1.54) is 28.1 Å². The highest BCUT2D eigenvalue weighted by atomic mass is 32.1. The molecule has 25 heavy (non-hydrogen) atoms. The molecule has 0 saturated carbocycles. The van der Waals surface area contributed by atoms with Gasteiger partial charge in [-0.3, -0.25) is 4.79 Å². The van der Waals surface area contributed by atoms with Crippen LogP contribution >= 0.6 is 11.3 Å². The molecule has 2 aromatic heterocycles. The molecule has 0 saturated heterocycles. The highest BCUT2D eigenvalue weighted by molar-refractivity contribution is 7.13. The normalized spacial score (nSPS) is 10.9. The van der Waals surface area contributed by atoms with E-state index in [4.69, 9.17) is 0 Å². The molecule has 0 radical (unpaired) electrons. The van der Waals surface area contributed by atoms with Crippen molar-refractivity contribution < 1.29 is 4.39 Å². The molecule has 1 N–H and O–H groups in total. The number of para-hydroxylation sites is 1. The van der Waals surface area contributed by atoms with E-state index in [0.29, 0.717) is 23.3 Å². The smallest absolute Gasteiger partial charge is 0.280 e. The maximum atomic E-state index is 13.4. The van der Waals surface area contributed by atoms with Gasteiger partial charge in [-0.1, -0.05) is 30.3 Å². The second-order valence-corrected chi connectivity index (χ2v) is 6.48. The van der Waals surface area contributed by atoms with E-state index in [0.717, 1.165) is 10.4 Å². The maximum absolute atomic E-state index is 13.4. The summed E-state index contributed by atoms with van der Waals surface area (Å²) in [7, 11) is 0. The number of thiophene rings is 1. The molecule has 0 aliphatic rings. The van der Waals surface area contributed by atoms with E-state index in [-0.39, 0.29) is 11.4 Å². The summed E-state index contributed by atoms with van der Waals surface area (Å²) in [6, 6.07) is 17.4.